The number of anilines is 1. The van der Waals surface area contributed by atoms with Crippen LogP contribution in [0.15, 0.2) is 36.7 Å². The molecule has 1 unspecified atom stereocenters. The summed E-state index contributed by atoms with van der Waals surface area (Å²) in [5.74, 6) is -0.0102. The normalized spacial score (nSPS) is 11.7. The van der Waals surface area contributed by atoms with Gasteiger partial charge in [-0.1, -0.05) is 30.3 Å². The lowest BCUT2D eigenvalue weighted by molar-refractivity contribution is -0.385. The molecule has 2 aromatic rings. The van der Waals surface area contributed by atoms with E-state index in [-0.39, 0.29) is 23.4 Å². The van der Waals surface area contributed by atoms with Crippen molar-refractivity contribution in [1.82, 2.24) is 9.97 Å². The maximum Gasteiger partial charge on any atom is 0.372 e. The Morgan fingerprint density at radius 3 is 2.71 bits per heavy atom. The summed E-state index contributed by atoms with van der Waals surface area (Å²) in [4.78, 5) is 18.1. The topological polar surface area (TPSA) is 116 Å². The van der Waals surface area contributed by atoms with Gasteiger partial charge in [0.05, 0.1) is 12.0 Å². The third kappa shape index (κ3) is 3.42. The standard InChI is InChI=1S/C13H15N5O3/c1-21-13-11(18(19)20)12(16-8-17-13)15-7-10(14)9-5-3-2-4-6-9/h2-6,8,10H,7,14H2,1H3,(H,15,16,17). The summed E-state index contributed by atoms with van der Waals surface area (Å²) >= 11 is 0. The number of nitrogens with one attached hydrogen (secondary N) is 1. The zero-order valence-electron chi connectivity index (χ0n) is 11.4. The zero-order chi connectivity index (χ0) is 15.2. The fraction of sp³-hybridized carbons (Fsp3) is 0.231. The van der Waals surface area contributed by atoms with Crippen molar-refractivity contribution in [3.63, 3.8) is 0 Å². The molecule has 3 N–H and O–H groups in total. The third-order valence-corrected chi connectivity index (χ3v) is 2.88. The molecule has 0 aliphatic carbocycles. The number of methoxy groups -OCH3 is 1. The van der Waals surface area contributed by atoms with Crippen molar-refractivity contribution >= 4 is 11.5 Å². The van der Waals surface area contributed by atoms with Gasteiger partial charge in [-0.2, -0.15) is 4.98 Å². The minimum atomic E-state index is -0.588. The number of rotatable bonds is 6. The van der Waals surface area contributed by atoms with E-state index < -0.39 is 4.92 Å². The van der Waals surface area contributed by atoms with Crippen molar-refractivity contribution in [3.8, 4) is 5.88 Å². The number of ether oxygens (including phenoxy) is 1. The predicted molar refractivity (Wildman–Crippen MR) is 77.1 cm³/mol. The molecule has 0 saturated carbocycles. The number of nitrogens with two attached hydrogens (primary N) is 1. The largest absolute Gasteiger partial charge is 0.476 e. The molecule has 21 heavy (non-hydrogen) atoms. The summed E-state index contributed by atoms with van der Waals surface area (Å²) < 4.78 is 4.87. The van der Waals surface area contributed by atoms with Crippen LogP contribution in [0.25, 0.3) is 0 Å². The van der Waals surface area contributed by atoms with Crippen LogP contribution in [-0.4, -0.2) is 28.5 Å². The molecule has 0 fully saturated rings. The molecule has 1 aromatic carbocycles. The summed E-state index contributed by atoms with van der Waals surface area (Å²) in [6.07, 6.45) is 1.20. The number of nitrogens with zero attached hydrogens (tertiary/aromatic N) is 3. The Morgan fingerprint density at radius 2 is 2.10 bits per heavy atom. The highest BCUT2D eigenvalue weighted by Crippen LogP contribution is 2.30. The van der Waals surface area contributed by atoms with Gasteiger partial charge in [0.25, 0.3) is 5.88 Å². The van der Waals surface area contributed by atoms with Crippen molar-refractivity contribution in [2.75, 3.05) is 19.0 Å². The van der Waals surface area contributed by atoms with E-state index in [2.05, 4.69) is 15.3 Å². The Hall–Kier alpha value is -2.74. The van der Waals surface area contributed by atoms with Crippen LogP contribution in [0.1, 0.15) is 11.6 Å². The van der Waals surface area contributed by atoms with E-state index >= 15 is 0 Å². The van der Waals surface area contributed by atoms with Gasteiger partial charge in [0, 0.05) is 12.6 Å². The molecular formula is C13H15N5O3. The highest BCUT2D eigenvalue weighted by Gasteiger charge is 2.24. The van der Waals surface area contributed by atoms with Gasteiger partial charge >= 0.3 is 5.69 Å². The average molecular weight is 289 g/mol. The third-order valence-electron chi connectivity index (χ3n) is 2.88. The molecule has 8 nitrogen and oxygen atoms in total. The first-order chi connectivity index (χ1) is 10.1. The van der Waals surface area contributed by atoms with Crippen LogP contribution in [0.3, 0.4) is 0 Å². The van der Waals surface area contributed by atoms with E-state index in [4.69, 9.17) is 10.5 Å². The Bertz CT molecular complexity index is 620. The van der Waals surface area contributed by atoms with Crippen LogP contribution >= 0.6 is 0 Å². The second-order valence-corrected chi connectivity index (χ2v) is 4.24. The van der Waals surface area contributed by atoms with E-state index in [1.54, 1.807) is 0 Å². The Kier molecular flexibility index (Phi) is 4.62. The highest BCUT2D eigenvalue weighted by molar-refractivity contribution is 5.61. The molecule has 1 aromatic heterocycles. The molecule has 110 valence electrons. The first kappa shape index (κ1) is 14.7. The minimum Gasteiger partial charge on any atom is -0.476 e. The summed E-state index contributed by atoms with van der Waals surface area (Å²) in [6, 6.07) is 9.12. The average Bonchev–Trinajstić information content (AvgIpc) is 2.52. The molecule has 0 bridgehead atoms. The monoisotopic (exact) mass is 289 g/mol. The van der Waals surface area contributed by atoms with Crippen LogP contribution in [0, 0.1) is 10.1 Å². The molecule has 1 heterocycles. The van der Waals surface area contributed by atoms with Crippen molar-refractivity contribution in [2.45, 2.75) is 6.04 Å². The first-order valence-electron chi connectivity index (χ1n) is 6.21. The first-order valence-corrected chi connectivity index (χ1v) is 6.21. The van der Waals surface area contributed by atoms with E-state index in [1.807, 2.05) is 30.3 Å². The number of aromatic nitrogens is 2. The van der Waals surface area contributed by atoms with Gasteiger partial charge < -0.3 is 15.8 Å². The SMILES string of the molecule is COc1ncnc(NCC(N)c2ccccc2)c1[N+](=O)[O-]. The van der Waals surface area contributed by atoms with Gasteiger partial charge in [-0.05, 0) is 5.56 Å². The number of hydrogen-bond donors (Lipinski definition) is 2. The van der Waals surface area contributed by atoms with Crippen molar-refractivity contribution in [3.05, 3.63) is 52.3 Å². The minimum absolute atomic E-state index is 0.0817. The maximum absolute atomic E-state index is 11.1. The smallest absolute Gasteiger partial charge is 0.372 e. The molecule has 8 heteroatoms. The van der Waals surface area contributed by atoms with Crippen LogP contribution in [0.4, 0.5) is 11.5 Å². The number of hydrogen-bond acceptors (Lipinski definition) is 7. The zero-order valence-corrected chi connectivity index (χ0v) is 11.4. The summed E-state index contributed by atoms with van der Waals surface area (Å²) in [6.45, 7) is 0.297. The Balaban J connectivity index is 2.15. The van der Waals surface area contributed by atoms with Crippen LogP contribution in [0.2, 0.25) is 0 Å². The summed E-state index contributed by atoms with van der Waals surface area (Å²) in [7, 11) is 1.31. The van der Waals surface area contributed by atoms with Crippen LogP contribution in [-0.2, 0) is 0 Å². The predicted octanol–water partition coefficient (Wildman–Crippen LogP) is 1.51. The Labute approximate surface area is 121 Å². The van der Waals surface area contributed by atoms with E-state index in [1.165, 1.54) is 13.4 Å². The van der Waals surface area contributed by atoms with Crippen molar-refractivity contribution in [2.24, 2.45) is 5.73 Å². The molecule has 0 spiro atoms. The van der Waals surface area contributed by atoms with Crippen LogP contribution in [0.5, 0.6) is 5.88 Å². The van der Waals surface area contributed by atoms with Crippen molar-refractivity contribution in [1.29, 1.82) is 0 Å². The Morgan fingerprint density at radius 1 is 1.38 bits per heavy atom. The molecule has 1 atom stereocenters. The lowest BCUT2D eigenvalue weighted by Gasteiger charge is -2.13. The molecular weight excluding hydrogens is 274 g/mol. The molecule has 0 amide bonds. The summed E-state index contributed by atoms with van der Waals surface area (Å²) in [5.41, 5.74) is 6.65. The van der Waals surface area contributed by atoms with Gasteiger partial charge in [-0.3, -0.25) is 10.1 Å². The van der Waals surface area contributed by atoms with E-state index in [0.29, 0.717) is 6.54 Å². The molecule has 0 aliphatic heterocycles. The van der Waals surface area contributed by atoms with E-state index in [9.17, 15) is 10.1 Å². The fourth-order valence-electron chi connectivity index (χ4n) is 1.83. The van der Waals surface area contributed by atoms with Crippen molar-refractivity contribution < 1.29 is 9.66 Å². The number of nitro groups is 1. The second kappa shape index (κ2) is 6.62. The lowest BCUT2D eigenvalue weighted by atomic mass is 10.1. The van der Waals surface area contributed by atoms with Gasteiger partial charge in [0.15, 0.2) is 0 Å². The van der Waals surface area contributed by atoms with E-state index in [0.717, 1.165) is 5.56 Å². The van der Waals surface area contributed by atoms with Gasteiger partial charge in [-0.15, -0.1) is 0 Å². The summed E-state index contributed by atoms with van der Waals surface area (Å²) in [5, 5.41) is 14.0. The second-order valence-electron chi connectivity index (χ2n) is 4.24. The van der Waals surface area contributed by atoms with Gasteiger partial charge in [-0.25, -0.2) is 4.98 Å². The quantitative estimate of drug-likeness (QED) is 0.611. The van der Waals surface area contributed by atoms with Gasteiger partial charge in [0.2, 0.25) is 5.82 Å². The molecule has 0 saturated heterocycles. The van der Waals surface area contributed by atoms with Crippen LogP contribution < -0.4 is 15.8 Å². The number of benzene rings is 1. The maximum atomic E-state index is 11.1. The van der Waals surface area contributed by atoms with Gasteiger partial charge in [0.1, 0.15) is 6.33 Å². The molecule has 0 aliphatic rings. The molecule has 2 rings (SSSR count). The fourth-order valence-corrected chi connectivity index (χ4v) is 1.83. The lowest BCUT2D eigenvalue weighted by Crippen LogP contribution is -2.21. The molecule has 0 radical (unpaired) electrons. The highest BCUT2D eigenvalue weighted by atomic mass is 16.6.